The zero-order valence-corrected chi connectivity index (χ0v) is 12.4. The average Bonchev–Trinajstić information content (AvgIpc) is 2.26. The minimum Gasteiger partial charge on any atom is -0.497 e. The highest BCUT2D eigenvalue weighted by Crippen LogP contribution is 2.29. The maximum atomic E-state index is 13.9. The van der Waals surface area contributed by atoms with Crippen LogP contribution in [0.3, 0.4) is 0 Å². The summed E-state index contributed by atoms with van der Waals surface area (Å²) in [5.41, 5.74) is -0.924. The molecule has 0 amide bonds. The van der Waals surface area contributed by atoms with Crippen molar-refractivity contribution in [2.75, 3.05) is 13.7 Å². The second-order valence-corrected chi connectivity index (χ2v) is 6.05. The van der Waals surface area contributed by atoms with Crippen LogP contribution in [0.1, 0.15) is 39.7 Å². The van der Waals surface area contributed by atoms with Gasteiger partial charge in [-0.3, -0.25) is 0 Å². The molecule has 1 unspecified atom stereocenters. The Morgan fingerprint density at radius 3 is 2.37 bits per heavy atom. The van der Waals surface area contributed by atoms with Crippen LogP contribution in [0.5, 0.6) is 5.75 Å². The summed E-state index contributed by atoms with van der Waals surface area (Å²) in [4.78, 5) is 0. The van der Waals surface area contributed by atoms with Crippen LogP contribution in [-0.4, -0.2) is 24.3 Å². The molecule has 0 radical (unpaired) electrons. The molecule has 1 atom stereocenters. The first-order valence-corrected chi connectivity index (χ1v) is 6.47. The summed E-state index contributed by atoms with van der Waals surface area (Å²) in [6, 6.07) is 4.52. The minimum absolute atomic E-state index is 0.0193. The van der Waals surface area contributed by atoms with Gasteiger partial charge in [-0.25, -0.2) is 4.39 Å². The molecule has 0 aliphatic rings. The smallest absolute Gasteiger partial charge is 0.132 e. The highest BCUT2D eigenvalue weighted by molar-refractivity contribution is 5.32. The first-order chi connectivity index (χ1) is 8.65. The molecule has 108 valence electrons. The quantitative estimate of drug-likeness (QED) is 0.863. The molecule has 0 spiro atoms. The van der Waals surface area contributed by atoms with E-state index in [1.165, 1.54) is 13.2 Å². The zero-order valence-electron chi connectivity index (χ0n) is 12.4. The van der Waals surface area contributed by atoms with Gasteiger partial charge in [0.2, 0.25) is 0 Å². The lowest BCUT2D eigenvalue weighted by Crippen LogP contribution is -2.39. The fraction of sp³-hybridized carbons (Fsp3) is 0.600. The van der Waals surface area contributed by atoms with E-state index in [2.05, 4.69) is 26.1 Å². The van der Waals surface area contributed by atoms with E-state index >= 15 is 0 Å². The number of nitrogens with one attached hydrogen (secondary N) is 1. The van der Waals surface area contributed by atoms with Gasteiger partial charge in [-0.15, -0.1) is 0 Å². The van der Waals surface area contributed by atoms with Crippen LogP contribution < -0.4 is 10.1 Å². The molecule has 0 bridgehead atoms. The highest BCUT2D eigenvalue weighted by atomic mass is 19.1. The molecule has 3 nitrogen and oxygen atoms in total. The molecule has 0 heterocycles. The largest absolute Gasteiger partial charge is 0.497 e. The van der Waals surface area contributed by atoms with Gasteiger partial charge in [-0.1, -0.05) is 0 Å². The molecule has 0 fully saturated rings. The highest BCUT2D eigenvalue weighted by Gasteiger charge is 2.27. The Morgan fingerprint density at radius 1 is 1.26 bits per heavy atom. The molecule has 1 aromatic carbocycles. The molecule has 1 rings (SSSR count). The molecule has 19 heavy (non-hydrogen) atoms. The number of hydrogen-bond acceptors (Lipinski definition) is 3. The van der Waals surface area contributed by atoms with Gasteiger partial charge in [0.25, 0.3) is 0 Å². The molecular formula is C15H24FNO2. The summed E-state index contributed by atoms with van der Waals surface area (Å²) < 4.78 is 18.9. The molecule has 0 saturated heterocycles. The summed E-state index contributed by atoms with van der Waals surface area (Å²) in [5, 5.41) is 13.7. The normalized spacial score (nSPS) is 15.1. The number of hydrogen-bond donors (Lipinski definition) is 2. The fourth-order valence-corrected chi connectivity index (χ4v) is 1.88. The third-order valence-electron chi connectivity index (χ3n) is 3.02. The van der Waals surface area contributed by atoms with Gasteiger partial charge in [-0.2, -0.15) is 0 Å². The monoisotopic (exact) mass is 269 g/mol. The number of methoxy groups -OCH3 is 1. The zero-order chi connectivity index (χ0) is 14.7. The van der Waals surface area contributed by atoms with E-state index in [-0.39, 0.29) is 5.54 Å². The first kappa shape index (κ1) is 15.9. The van der Waals surface area contributed by atoms with E-state index < -0.39 is 11.4 Å². The van der Waals surface area contributed by atoms with Gasteiger partial charge >= 0.3 is 0 Å². The van der Waals surface area contributed by atoms with Crippen molar-refractivity contribution in [1.29, 1.82) is 0 Å². The maximum absolute atomic E-state index is 13.9. The lowest BCUT2D eigenvalue weighted by Gasteiger charge is -2.27. The number of aliphatic hydroxyl groups is 1. The van der Waals surface area contributed by atoms with Crippen LogP contribution in [0.15, 0.2) is 18.2 Å². The van der Waals surface area contributed by atoms with Crippen LogP contribution in [-0.2, 0) is 5.60 Å². The third kappa shape index (κ3) is 4.80. The SMILES string of the molecule is COc1ccc(C(C)(O)CCNC(C)(C)C)c(F)c1. The van der Waals surface area contributed by atoms with Crippen LogP contribution in [0.2, 0.25) is 0 Å². The van der Waals surface area contributed by atoms with E-state index in [1.54, 1.807) is 19.1 Å². The number of halogens is 1. The van der Waals surface area contributed by atoms with Crippen LogP contribution >= 0.6 is 0 Å². The Labute approximate surface area is 114 Å². The summed E-state index contributed by atoms with van der Waals surface area (Å²) in [6.07, 6.45) is 0.438. The summed E-state index contributed by atoms with van der Waals surface area (Å²) >= 11 is 0. The number of rotatable bonds is 5. The van der Waals surface area contributed by atoms with Crippen LogP contribution in [0.25, 0.3) is 0 Å². The van der Waals surface area contributed by atoms with Crippen molar-refractivity contribution in [2.45, 2.75) is 45.3 Å². The maximum Gasteiger partial charge on any atom is 0.132 e. The van der Waals surface area contributed by atoms with Crippen LogP contribution in [0, 0.1) is 5.82 Å². The van der Waals surface area contributed by atoms with E-state index in [4.69, 9.17) is 4.74 Å². The molecule has 0 aliphatic heterocycles. The van der Waals surface area contributed by atoms with Crippen molar-refractivity contribution >= 4 is 0 Å². The van der Waals surface area contributed by atoms with Crippen molar-refractivity contribution in [1.82, 2.24) is 5.32 Å². The van der Waals surface area contributed by atoms with E-state index in [1.807, 2.05) is 0 Å². The topological polar surface area (TPSA) is 41.5 Å². The average molecular weight is 269 g/mol. The van der Waals surface area contributed by atoms with E-state index in [0.717, 1.165) is 0 Å². The van der Waals surface area contributed by atoms with Gasteiger partial charge in [0, 0.05) is 17.2 Å². The second kappa shape index (κ2) is 5.88. The molecule has 1 aromatic rings. The molecule has 2 N–H and O–H groups in total. The fourth-order valence-electron chi connectivity index (χ4n) is 1.88. The molecule has 0 aromatic heterocycles. The van der Waals surface area contributed by atoms with Gasteiger partial charge in [-0.05, 0) is 52.8 Å². The molecule has 0 saturated carbocycles. The number of benzene rings is 1. The summed E-state index contributed by atoms with van der Waals surface area (Å²) in [7, 11) is 1.49. The summed E-state index contributed by atoms with van der Waals surface area (Å²) in [6.45, 7) is 8.39. The Bertz CT molecular complexity index is 425. The first-order valence-electron chi connectivity index (χ1n) is 6.47. The van der Waals surface area contributed by atoms with Crippen LogP contribution in [0.4, 0.5) is 4.39 Å². The van der Waals surface area contributed by atoms with Gasteiger partial charge in [0.1, 0.15) is 11.6 Å². The molecule has 4 heteroatoms. The van der Waals surface area contributed by atoms with E-state index in [9.17, 15) is 9.50 Å². The van der Waals surface area contributed by atoms with Crippen molar-refractivity contribution in [3.05, 3.63) is 29.6 Å². The predicted octanol–water partition coefficient (Wildman–Crippen LogP) is 2.82. The van der Waals surface area contributed by atoms with Gasteiger partial charge in [0.05, 0.1) is 12.7 Å². The van der Waals surface area contributed by atoms with Gasteiger partial charge < -0.3 is 15.2 Å². The molecule has 0 aliphatic carbocycles. The Balaban J connectivity index is 2.76. The Hall–Kier alpha value is -1.13. The van der Waals surface area contributed by atoms with Crippen molar-refractivity contribution in [2.24, 2.45) is 0 Å². The molecular weight excluding hydrogens is 245 g/mol. The summed E-state index contributed by atoms with van der Waals surface area (Å²) in [5.74, 6) is 0.00461. The van der Waals surface area contributed by atoms with Crippen molar-refractivity contribution in [3.63, 3.8) is 0 Å². The van der Waals surface area contributed by atoms with Crippen molar-refractivity contribution in [3.8, 4) is 5.75 Å². The standard InChI is InChI=1S/C15H24FNO2/c1-14(2,3)17-9-8-15(4,18)12-7-6-11(19-5)10-13(12)16/h6-7,10,17-18H,8-9H2,1-5H3. The van der Waals surface area contributed by atoms with E-state index in [0.29, 0.717) is 24.3 Å². The third-order valence-corrected chi connectivity index (χ3v) is 3.02. The Kier molecular flexibility index (Phi) is 4.93. The van der Waals surface area contributed by atoms with Crippen molar-refractivity contribution < 1.29 is 14.2 Å². The lowest BCUT2D eigenvalue weighted by atomic mass is 9.91. The second-order valence-electron chi connectivity index (χ2n) is 6.05. The Morgan fingerprint density at radius 2 is 1.89 bits per heavy atom. The van der Waals surface area contributed by atoms with Gasteiger partial charge in [0.15, 0.2) is 0 Å². The lowest BCUT2D eigenvalue weighted by molar-refractivity contribution is 0.0427. The predicted molar refractivity (Wildman–Crippen MR) is 74.9 cm³/mol. The minimum atomic E-state index is -1.20. The number of ether oxygens (including phenoxy) is 1.